The summed E-state index contributed by atoms with van der Waals surface area (Å²) < 4.78 is 30.1. The van der Waals surface area contributed by atoms with Crippen molar-refractivity contribution in [1.29, 1.82) is 0 Å². The molecule has 1 aliphatic heterocycles. The van der Waals surface area contributed by atoms with Crippen LogP contribution in [0.2, 0.25) is 0 Å². The van der Waals surface area contributed by atoms with Gasteiger partial charge in [0.15, 0.2) is 0 Å². The molecule has 1 heterocycles. The first-order valence-electron chi connectivity index (χ1n) is 8.95. The number of rotatable bonds is 7. The van der Waals surface area contributed by atoms with Crippen LogP contribution in [0.4, 0.5) is 4.79 Å². The third-order valence-corrected chi connectivity index (χ3v) is 5.07. The zero-order valence-corrected chi connectivity index (χ0v) is 16.5. The van der Waals surface area contributed by atoms with E-state index in [0.717, 1.165) is 24.7 Å². The summed E-state index contributed by atoms with van der Waals surface area (Å²) in [6.45, 7) is 3.12. The molecule has 9 heteroatoms. The van der Waals surface area contributed by atoms with Crippen LogP contribution in [0.1, 0.15) is 25.3 Å². The van der Waals surface area contributed by atoms with Crippen LogP contribution in [0, 0.1) is 5.92 Å². The molecule has 2 rings (SSSR count). The minimum absolute atomic E-state index is 0.0645. The summed E-state index contributed by atoms with van der Waals surface area (Å²) in [6.07, 6.45) is 2.12. The molecule has 0 spiro atoms. The van der Waals surface area contributed by atoms with Crippen LogP contribution in [-0.4, -0.2) is 57.3 Å². The Kier molecular flexibility index (Phi) is 7.61. The van der Waals surface area contributed by atoms with Gasteiger partial charge >= 0.3 is 6.09 Å². The average Bonchev–Trinajstić information content (AvgIpc) is 2.64. The summed E-state index contributed by atoms with van der Waals surface area (Å²) in [5.74, 6) is -0.134. The van der Waals surface area contributed by atoms with E-state index < -0.39 is 22.2 Å². The molecule has 1 saturated heterocycles. The Morgan fingerprint density at radius 1 is 1.30 bits per heavy atom. The number of carbonyl (C=O) groups is 2. The zero-order chi connectivity index (χ0) is 19.9. The minimum Gasteiger partial charge on any atom is -0.445 e. The molecular weight excluding hydrogens is 370 g/mol. The minimum atomic E-state index is -3.25. The average molecular weight is 397 g/mol. The number of alkyl carbamates (subject to hydrolysis) is 1. The maximum Gasteiger partial charge on any atom is 0.408 e. The summed E-state index contributed by atoms with van der Waals surface area (Å²) in [7, 11) is -3.25. The fraction of sp³-hybridized carbons (Fsp3) is 0.556. The number of carbonyl (C=O) groups excluding carboxylic acids is 2. The predicted molar refractivity (Wildman–Crippen MR) is 101 cm³/mol. The molecule has 150 valence electrons. The van der Waals surface area contributed by atoms with E-state index in [1.807, 2.05) is 30.3 Å². The van der Waals surface area contributed by atoms with E-state index >= 15 is 0 Å². The number of hydrogen-bond donors (Lipinski definition) is 2. The third kappa shape index (κ3) is 7.56. The number of nitrogens with zero attached hydrogens (tertiary/aromatic N) is 1. The summed E-state index contributed by atoms with van der Waals surface area (Å²) in [5, 5.41) is 2.55. The summed E-state index contributed by atoms with van der Waals surface area (Å²) in [5.41, 5.74) is 0.865. The van der Waals surface area contributed by atoms with Gasteiger partial charge in [-0.2, -0.15) is 0 Å². The number of benzene rings is 1. The number of sulfonamides is 1. The summed E-state index contributed by atoms with van der Waals surface area (Å²) >= 11 is 0. The van der Waals surface area contributed by atoms with Gasteiger partial charge in [-0.1, -0.05) is 30.3 Å². The molecule has 0 saturated carbocycles. The van der Waals surface area contributed by atoms with Gasteiger partial charge in [0.2, 0.25) is 15.9 Å². The van der Waals surface area contributed by atoms with Gasteiger partial charge in [0, 0.05) is 19.6 Å². The third-order valence-electron chi connectivity index (χ3n) is 4.38. The lowest BCUT2D eigenvalue weighted by atomic mass is 9.98. The predicted octanol–water partition coefficient (Wildman–Crippen LogP) is 1.09. The molecule has 0 aromatic heterocycles. The second-order valence-electron chi connectivity index (χ2n) is 6.84. The maximum absolute atomic E-state index is 12.6. The van der Waals surface area contributed by atoms with Gasteiger partial charge < -0.3 is 15.0 Å². The van der Waals surface area contributed by atoms with E-state index in [0.29, 0.717) is 19.6 Å². The van der Waals surface area contributed by atoms with Gasteiger partial charge in [-0.3, -0.25) is 4.79 Å². The first-order chi connectivity index (χ1) is 12.7. The van der Waals surface area contributed by atoms with E-state index in [1.54, 1.807) is 11.8 Å². The molecule has 0 bridgehead atoms. The lowest BCUT2D eigenvalue weighted by molar-refractivity contribution is -0.134. The second-order valence-corrected chi connectivity index (χ2v) is 8.67. The van der Waals surface area contributed by atoms with Crippen LogP contribution in [-0.2, 0) is 26.2 Å². The maximum atomic E-state index is 12.6. The lowest BCUT2D eigenvalue weighted by Gasteiger charge is -2.34. The van der Waals surface area contributed by atoms with Crippen molar-refractivity contribution in [2.45, 2.75) is 32.4 Å². The standard InChI is InChI=1S/C18H27N3O5S/c1-14(20-18(23)26-13-15-7-4-3-5-8-15)17(22)21-10-6-9-16(12-21)11-19-27(2,24)25/h3-5,7-8,14,16,19H,6,9-13H2,1-2H3,(H,20,23). The van der Waals surface area contributed by atoms with E-state index in [4.69, 9.17) is 4.74 Å². The second kappa shape index (κ2) is 9.70. The molecule has 27 heavy (non-hydrogen) atoms. The van der Waals surface area contributed by atoms with Crippen LogP contribution in [0.5, 0.6) is 0 Å². The summed E-state index contributed by atoms with van der Waals surface area (Å²) in [4.78, 5) is 26.1. The Balaban J connectivity index is 1.78. The molecule has 2 atom stereocenters. The van der Waals surface area contributed by atoms with Crippen molar-refractivity contribution in [3.05, 3.63) is 35.9 Å². The van der Waals surface area contributed by atoms with Gasteiger partial charge in [-0.15, -0.1) is 0 Å². The molecule has 1 aromatic rings. The SMILES string of the molecule is CC(NC(=O)OCc1ccccc1)C(=O)N1CCCC(CNS(C)(=O)=O)C1. The van der Waals surface area contributed by atoms with Crippen molar-refractivity contribution in [2.75, 3.05) is 25.9 Å². The topological polar surface area (TPSA) is 105 Å². The highest BCUT2D eigenvalue weighted by molar-refractivity contribution is 7.88. The molecule has 0 aliphatic carbocycles. The molecular formula is C18H27N3O5S. The van der Waals surface area contributed by atoms with Crippen molar-refractivity contribution < 1.29 is 22.7 Å². The number of ether oxygens (including phenoxy) is 1. The smallest absolute Gasteiger partial charge is 0.408 e. The molecule has 8 nitrogen and oxygen atoms in total. The van der Waals surface area contributed by atoms with Crippen LogP contribution in [0.15, 0.2) is 30.3 Å². The van der Waals surface area contributed by atoms with Gasteiger partial charge in [0.1, 0.15) is 12.6 Å². The first kappa shape index (κ1) is 21.2. The van der Waals surface area contributed by atoms with Crippen molar-refractivity contribution in [3.8, 4) is 0 Å². The number of amides is 2. The first-order valence-corrected chi connectivity index (χ1v) is 10.8. The molecule has 2 unspecified atom stereocenters. The Morgan fingerprint density at radius 2 is 2.00 bits per heavy atom. The van der Waals surface area contributed by atoms with Crippen LogP contribution in [0.25, 0.3) is 0 Å². The van der Waals surface area contributed by atoms with Gasteiger partial charge in [0.25, 0.3) is 0 Å². The molecule has 1 aromatic carbocycles. The number of hydrogen-bond acceptors (Lipinski definition) is 5. The summed E-state index contributed by atoms with van der Waals surface area (Å²) in [6, 6.07) is 8.57. The fourth-order valence-electron chi connectivity index (χ4n) is 2.98. The quantitative estimate of drug-likeness (QED) is 0.717. The number of nitrogens with one attached hydrogen (secondary N) is 2. The number of likely N-dealkylation sites (tertiary alicyclic amines) is 1. The Hall–Kier alpha value is -2.13. The Labute approximate surface area is 160 Å². The highest BCUT2D eigenvalue weighted by atomic mass is 32.2. The van der Waals surface area contributed by atoms with Crippen LogP contribution < -0.4 is 10.0 Å². The molecule has 2 N–H and O–H groups in total. The van der Waals surface area contributed by atoms with E-state index in [2.05, 4.69) is 10.0 Å². The Morgan fingerprint density at radius 3 is 2.67 bits per heavy atom. The highest BCUT2D eigenvalue weighted by Gasteiger charge is 2.28. The van der Waals surface area contributed by atoms with Crippen LogP contribution >= 0.6 is 0 Å². The molecule has 1 aliphatic rings. The number of piperidine rings is 1. The van der Waals surface area contributed by atoms with E-state index in [9.17, 15) is 18.0 Å². The fourth-order valence-corrected chi connectivity index (χ4v) is 3.52. The van der Waals surface area contributed by atoms with Crippen LogP contribution in [0.3, 0.4) is 0 Å². The van der Waals surface area contributed by atoms with Gasteiger partial charge in [0.05, 0.1) is 6.26 Å². The van der Waals surface area contributed by atoms with E-state index in [-0.39, 0.29) is 18.4 Å². The van der Waals surface area contributed by atoms with Crippen molar-refractivity contribution in [1.82, 2.24) is 14.9 Å². The van der Waals surface area contributed by atoms with Crippen molar-refractivity contribution in [3.63, 3.8) is 0 Å². The van der Waals surface area contributed by atoms with E-state index in [1.165, 1.54) is 0 Å². The Bertz CT molecular complexity index is 739. The zero-order valence-electron chi connectivity index (χ0n) is 15.7. The molecule has 2 amide bonds. The van der Waals surface area contributed by atoms with Gasteiger partial charge in [-0.05, 0) is 31.2 Å². The van der Waals surface area contributed by atoms with Gasteiger partial charge in [-0.25, -0.2) is 17.9 Å². The van der Waals surface area contributed by atoms with Crippen molar-refractivity contribution in [2.24, 2.45) is 5.92 Å². The lowest BCUT2D eigenvalue weighted by Crippen LogP contribution is -2.51. The monoisotopic (exact) mass is 397 g/mol. The van der Waals surface area contributed by atoms with Crippen molar-refractivity contribution >= 4 is 22.0 Å². The largest absolute Gasteiger partial charge is 0.445 e. The highest BCUT2D eigenvalue weighted by Crippen LogP contribution is 2.17. The molecule has 1 fully saturated rings. The molecule has 0 radical (unpaired) electrons. The normalized spacial score (nSPS) is 18.6.